The van der Waals surface area contributed by atoms with Gasteiger partial charge in [-0.15, -0.1) is 23.2 Å². The lowest BCUT2D eigenvalue weighted by Crippen LogP contribution is -2.46. The second kappa shape index (κ2) is 3.72. The normalized spacial score (nSPS) is 39.5. The maximum absolute atomic E-state index is 5.88. The van der Waals surface area contributed by atoms with E-state index in [1.165, 1.54) is 0 Å². The van der Waals surface area contributed by atoms with Crippen LogP contribution in [0.1, 0.15) is 12.8 Å². The molecule has 2 atom stereocenters. The maximum Gasteiger partial charge on any atom is 0.136 e. The molecule has 0 saturated heterocycles. The van der Waals surface area contributed by atoms with E-state index in [1.54, 1.807) is 0 Å². The van der Waals surface area contributed by atoms with E-state index >= 15 is 0 Å². The lowest BCUT2D eigenvalue weighted by atomic mass is 9.97. The second-order valence-corrected chi connectivity index (χ2v) is 7.00. The fourth-order valence-electron chi connectivity index (χ4n) is 1.03. The van der Waals surface area contributed by atoms with Crippen LogP contribution >= 0.6 is 69.6 Å². The van der Waals surface area contributed by atoms with Crippen LogP contribution in [0.15, 0.2) is 0 Å². The average Bonchev–Trinajstić information content (AvgIpc) is 1.82. The summed E-state index contributed by atoms with van der Waals surface area (Å²) in [7, 11) is 0. The molecule has 0 aromatic carbocycles. The predicted molar refractivity (Wildman–Crippen MR) is 57.4 cm³/mol. The van der Waals surface area contributed by atoms with Crippen LogP contribution < -0.4 is 0 Å². The summed E-state index contributed by atoms with van der Waals surface area (Å²) >= 11 is 35.2. The van der Waals surface area contributed by atoms with E-state index in [4.69, 9.17) is 69.6 Å². The van der Waals surface area contributed by atoms with Gasteiger partial charge in [0, 0.05) is 12.8 Å². The molecule has 1 rings (SSSR count). The number of rotatable bonds is 0. The van der Waals surface area contributed by atoms with Crippen LogP contribution in [-0.2, 0) is 0 Å². The Labute approximate surface area is 101 Å². The molecule has 1 aliphatic rings. The SMILES string of the molecule is ClC1CC(Cl)(Cl)C(Cl)CC1(Cl)Cl. The summed E-state index contributed by atoms with van der Waals surface area (Å²) < 4.78 is -2.05. The molecule has 1 aliphatic carbocycles. The van der Waals surface area contributed by atoms with Gasteiger partial charge in [0.15, 0.2) is 0 Å². The summed E-state index contributed by atoms with van der Waals surface area (Å²) in [5.41, 5.74) is 0. The van der Waals surface area contributed by atoms with Gasteiger partial charge in [-0.25, -0.2) is 0 Å². The van der Waals surface area contributed by atoms with Crippen LogP contribution in [0, 0.1) is 0 Å². The molecule has 72 valence electrons. The molecule has 0 aliphatic heterocycles. The molecular formula is C6H6Cl6. The van der Waals surface area contributed by atoms with Gasteiger partial charge in [-0.3, -0.25) is 0 Å². The monoisotopic (exact) mass is 288 g/mol. The topological polar surface area (TPSA) is 0 Å². The Kier molecular flexibility index (Phi) is 3.66. The molecule has 0 heterocycles. The Morgan fingerprint density at radius 3 is 1.25 bits per heavy atom. The van der Waals surface area contributed by atoms with Crippen LogP contribution in [0.4, 0.5) is 0 Å². The van der Waals surface area contributed by atoms with E-state index in [2.05, 4.69) is 0 Å². The van der Waals surface area contributed by atoms with Crippen molar-refractivity contribution in [3.05, 3.63) is 0 Å². The summed E-state index contributed by atoms with van der Waals surface area (Å²) in [6, 6.07) is 0. The van der Waals surface area contributed by atoms with Gasteiger partial charge in [0.1, 0.15) is 8.67 Å². The van der Waals surface area contributed by atoms with Crippen molar-refractivity contribution in [1.29, 1.82) is 0 Å². The number of alkyl halides is 6. The van der Waals surface area contributed by atoms with Gasteiger partial charge in [-0.2, -0.15) is 0 Å². The van der Waals surface area contributed by atoms with E-state index in [-0.39, 0.29) is 0 Å². The quantitative estimate of drug-likeness (QED) is 0.582. The molecule has 1 saturated carbocycles. The molecule has 0 amide bonds. The summed E-state index contributed by atoms with van der Waals surface area (Å²) in [5, 5.41) is -0.934. The molecule has 0 bridgehead atoms. The zero-order chi connectivity index (χ0) is 9.57. The summed E-state index contributed by atoms with van der Waals surface area (Å²) in [4.78, 5) is 0. The molecule has 0 spiro atoms. The molecule has 1 fully saturated rings. The van der Waals surface area contributed by atoms with Gasteiger partial charge < -0.3 is 0 Å². The lowest BCUT2D eigenvalue weighted by molar-refractivity contribution is 0.468. The highest BCUT2D eigenvalue weighted by Gasteiger charge is 2.50. The molecule has 0 aromatic heterocycles. The van der Waals surface area contributed by atoms with E-state index in [0.29, 0.717) is 12.8 Å². The molecule has 0 aromatic rings. The largest absolute Gasteiger partial charge is 0.136 e. The van der Waals surface area contributed by atoms with Gasteiger partial charge >= 0.3 is 0 Å². The molecular weight excluding hydrogens is 285 g/mol. The first-order chi connectivity index (χ1) is 5.26. The first kappa shape index (κ1) is 11.8. The van der Waals surface area contributed by atoms with Crippen LogP contribution in [0.5, 0.6) is 0 Å². The van der Waals surface area contributed by atoms with Crippen molar-refractivity contribution >= 4 is 69.6 Å². The zero-order valence-electron chi connectivity index (χ0n) is 5.84. The van der Waals surface area contributed by atoms with E-state index < -0.39 is 19.4 Å². The molecule has 0 radical (unpaired) electrons. The van der Waals surface area contributed by atoms with Gasteiger partial charge in [-0.1, -0.05) is 46.4 Å². The highest BCUT2D eigenvalue weighted by molar-refractivity contribution is 6.56. The van der Waals surface area contributed by atoms with Crippen molar-refractivity contribution in [2.24, 2.45) is 0 Å². The van der Waals surface area contributed by atoms with E-state index in [1.807, 2.05) is 0 Å². The summed E-state index contributed by atoms with van der Waals surface area (Å²) in [6.45, 7) is 0. The van der Waals surface area contributed by atoms with Crippen LogP contribution in [0.25, 0.3) is 0 Å². The predicted octanol–water partition coefficient (Wildman–Crippen LogP) is 4.34. The smallest absolute Gasteiger partial charge is 0.120 e. The third-order valence-corrected chi connectivity index (χ3v) is 4.99. The van der Waals surface area contributed by atoms with E-state index in [9.17, 15) is 0 Å². The molecule has 2 unspecified atom stereocenters. The Hall–Kier alpha value is 1.74. The van der Waals surface area contributed by atoms with Gasteiger partial charge in [0.2, 0.25) is 0 Å². The zero-order valence-corrected chi connectivity index (χ0v) is 10.4. The van der Waals surface area contributed by atoms with Crippen molar-refractivity contribution in [3.63, 3.8) is 0 Å². The highest BCUT2D eigenvalue weighted by Crippen LogP contribution is 2.51. The Bertz CT molecular complexity index is 157. The van der Waals surface area contributed by atoms with E-state index in [0.717, 1.165) is 0 Å². The van der Waals surface area contributed by atoms with Crippen LogP contribution in [-0.4, -0.2) is 19.4 Å². The Morgan fingerprint density at radius 1 is 0.750 bits per heavy atom. The molecule has 12 heavy (non-hydrogen) atoms. The minimum Gasteiger partial charge on any atom is -0.120 e. The van der Waals surface area contributed by atoms with Crippen molar-refractivity contribution < 1.29 is 0 Å². The number of hydrogen-bond donors (Lipinski definition) is 0. The summed E-state index contributed by atoms with van der Waals surface area (Å²) in [6.07, 6.45) is 0.581. The van der Waals surface area contributed by atoms with Crippen LogP contribution in [0.2, 0.25) is 0 Å². The van der Waals surface area contributed by atoms with Crippen molar-refractivity contribution in [1.82, 2.24) is 0 Å². The third kappa shape index (κ3) is 2.40. The van der Waals surface area contributed by atoms with Gasteiger partial charge in [-0.05, 0) is 0 Å². The number of hydrogen-bond acceptors (Lipinski definition) is 0. The third-order valence-electron chi connectivity index (χ3n) is 1.82. The number of halogens is 6. The molecule has 6 heteroatoms. The Morgan fingerprint density at radius 2 is 1.00 bits per heavy atom. The molecule has 0 nitrogen and oxygen atoms in total. The van der Waals surface area contributed by atoms with Crippen molar-refractivity contribution in [2.75, 3.05) is 0 Å². The Balaban J connectivity index is 2.76. The average molecular weight is 291 g/mol. The first-order valence-corrected chi connectivity index (χ1v) is 5.68. The molecule has 0 N–H and O–H groups in total. The maximum atomic E-state index is 5.88. The van der Waals surface area contributed by atoms with Crippen molar-refractivity contribution in [3.8, 4) is 0 Å². The van der Waals surface area contributed by atoms with Crippen LogP contribution in [0.3, 0.4) is 0 Å². The fourth-order valence-corrected chi connectivity index (χ4v) is 2.94. The van der Waals surface area contributed by atoms with Crippen molar-refractivity contribution in [2.45, 2.75) is 32.3 Å². The minimum atomic E-state index is -1.03. The van der Waals surface area contributed by atoms with Gasteiger partial charge in [0.25, 0.3) is 0 Å². The second-order valence-electron chi connectivity index (χ2n) is 2.87. The minimum absolute atomic E-state index is 0.291. The fraction of sp³-hybridized carbons (Fsp3) is 1.00. The summed E-state index contributed by atoms with van der Waals surface area (Å²) in [5.74, 6) is 0. The first-order valence-electron chi connectivity index (χ1n) is 3.29. The van der Waals surface area contributed by atoms with Gasteiger partial charge in [0.05, 0.1) is 10.8 Å². The highest BCUT2D eigenvalue weighted by atomic mass is 35.5. The lowest BCUT2D eigenvalue weighted by Gasteiger charge is -2.40. The standard InChI is InChI=1S/C6H6Cl6/c7-3-1-5(9,10)4(8)2-6(3,11)12/h3-4H,1-2H2.